The highest BCUT2D eigenvalue weighted by atomic mass is 79.9. The summed E-state index contributed by atoms with van der Waals surface area (Å²) < 4.78 is 16.0. The Morgan fingerprint density at radius 3 is 2.42 bits per heavy atom. The minimum absolute atomic E-state index is 0.222. The van der Waals surface area contributed by atoms with E-state index in [1.165, 1.54) is 12.1 Å². The van der Waals surface area contributed by atoms with E-state index in [0.29, 0.717) is 11.4 Å². The lowest BCUT2D eigenvalue weighted by atomic mass is 10.1. The molecule has 0 bridgehead atoms. The van der Waals surface area contributed by atoms with Crippen LogP contribution in [0.4, 0.5) is 4.39 Å². The van der Waals surface area contributed by atoms with Crippen LogP contribution in [0.3, 0.4) is 0 Å². The van der Waals surface area contributed by atoms with Crippen molar-refractivity contribution in [2.75, 3.05) is 0 Å². The first-order valence-corrected chi connectivity index (χ1v) is 8.13. The van der Waals surface area contributed by atoms with Gasteiger partial charge >= 0.3 is 0 Å². The van der Waals surface area contributed by atoms with Crippen LogP contribution in [0.15, 0.2) is 65.4 Å². The van der Waals surface area contributed by atoms with Gasteiger partial charge in [0.2, 0.25) is 0 Å². The van der Waals surface area contributed by atoms with Gasteiger partial charge in [0.05, 0.1) is 0 Å². The summed E-state index contributed by atoms with van der Waals surface area (Å²) in [4.78, 5) is 16.9. The van der Waals surface area contributed by atoms with Gasteiger partial charge in [-0.1, -0.05) is 28.1 Å². The summed E-state index contributed by atoms with van der Waals surface area (Å²) >= 11 is 3.35. The molecule has 1 heterocycles. The molecule has 0 fully saturated rings. The number of carbonyl (C=O) groups excluding carboxylic acids is 1. The Hall–Kier alpha value is -2.47. The lowest BCUT2D eigenvalue weighted by Gasteiger charge is -2.19. The van der Waals surface area contributed by atoms with Gasteiger partial charge in [0.15, 0.2) is 0 Å². The number of amides is 1. The number of carbonyl (C=O) groups is 1. The molecule has 1 amide bonds. The van der Waals surface area contributed by atoms with Crippen molar-refractivity contribution in [3.8, 4) is 0 Å². The summed E-state index contributed by atoms with van der Waals surface area (Å²) in [5.74, 6) is 0.128. The number of nitrogens with one attached hydrogen (secondary N) is 1. The topological polar surface area (TPSA) is 46.9 Å². The van der Waals surface area contributed by atoms with Crippen molar-refractivity contribution in [1.82, 2.24) is 14.9 Å². The summed E-state index contributed by atoms with van der Waals surface area (Å²) in [6, 6.07) is 12.7. The van der Waals surface area contributed by atoms with E-state index in [9.17, 15) is 9.18 Å². The largest absolute Gasteiger partial charge is 0.338 e. The van der Waals surface area contributed by atoms with E-state index in [1.807, 2.05) is 23.7 Å². The number of hydrogen-bond acceptors (Lipinski definition) is 2. The van der Waals surface area contributed by atoms with Gasteiger partial charge in [0.1, 0.15) is 17.7 Å². The zero-order chi connectivity index (χ0) is 17.1. The van der Waals surface area contributed by atoms with E-state index in [-0.39, 0.29) is 11.7 Å². The number of rotatable bonds is 4. The number of halogens is 2. The predicted octanol–water partition coefficient (Wildman–Crippen LogP) is 3.84. The Kier molecular flexibility index (Phi) is 4.76. The van der Waals surface area contributed by atoms with Crippen molar-refractivity contribution < 1.29 is 9.18 Å². The SMILES string of the molecule is Cn1ccnc1[C@H](NC(=O)c1ccc(Br)cc1)c1ccc(F)cc1. The quantitative estimate of drug-likeness (QED) is 0.738. The molecule has 0 aliphatic carbocycles. The summed E-state index contributed by atoms with van der Waals surface area (Å²) in [5.41, 5.74) is 1.30. The van der Waals surface area contributed by atoms with E-state index in [0.717, 1.165) is 10.0 Å². The van der Waals surface area contributed by atoms with Crippen LogP contribution in [0, 0.1) is 5.82 Å². The van der Waals surface area contributed by atoms with Crippen LogP contribution in [-0.4, -0.2) is 15.5 Å². The van der Waals surface area contributed by atoms with Gasteiger partial charge in [0.25, 0.3) is 5.91 Å². The van der Waals surface area contributed by atoms with Crippen LogP contribution in [-0.2, 0) is 7.05 Å². The Labute approximate surface area is 147 Å². The minimum Gasteiger partial charge on any atom is -0.338 e. The third-order valence-electron chi connectivity index (χ3n) is 3.70. The molecule has 3 aromatic rings. The Morgan fingerprint density at radius 1 is 1.17 bits per heavy atom. The summed E-state index contributed by atoms with van der Waals surface area (Å²) in [6.07, 6.45) is 3.47. The molecule has 3 rings (SSSR count). The van der Waals surface area contributed by atoms with Crippen molar-refractivity contribution in [3.05, 3.63) is 88.2 Å². The van der Waals surface area contributed by atoms with Crippen molar-refractivity contribution in [3.63, 3.8) is 0 Å². The number of hydrogen-bond donors (Lipinski definition) is 1. The molecule has 24 heavy (non-hydrogen) atoms. The van der Waals surface area contributed by atoms with Crippen LogP contribution >= 0.6 is 15.9 Å². The first kappa shape index (κ1) is 16.4. The summed E-state index contributed by atoms with van der Waals surface area (Å²) in [5, 5.41) is 2.97. The van der Waals surface area contributed by atoms with E-state index >= 15 is 0 Å². The van der Waals surface area contributed by atoms with Crippen LogP contribution in [0.2, 0.25) is 0 Å². The molecule has 0 saturated heterocycles. The van der Waals surface area contributed by atoms with Gasteiger partial charge in [0, 0.05) is 29.5 Å². The average Bonchev–Trinajstić information content (AvgIpc) is 3.00. The zero-order valence-corrected chi connectivity index (χ0v) is 14.5. The number of imidazole rings is 1. The molecular formula is C18H15BrFN3O. The van der Waals surface area contributed by atoms with Crippen LogP contribution in [0.1, 0.15) is 27.8 Å². The second-order valence-electron chi connectivity index (χ2n) is 5.36. The smallest absolute Gasteiger partial charge is 0.252 e. The fraction of sp³-hybridized carbons (Fsp3) is 0.111. The summed E-state index contributed by atoms with van der Waals surface area (Å²) in [6.45, 7) is 0. The van der Waals surface area contributed by atoms with E-state index in [4.69, 9.17) is 0 Å². The van der Waals surface area contributed by atoms with Crippen molar-refractivity contribution in [1.29, 1.82) is 0 Å². The number of aryl methyl sites for hydroxylation is 1. The van der Waals surface area contributed by atoms with Crippen LogP contribution in [0.5, 0.6) is 0 Å². The molecule has 122 valence electrons. The van der Waals surface area contributed by atoms with E-state index in [1.54, 1.807) is 36.7 Å². The van der Waals surface area contributed by atoms with Crippen molar-refractivity contribution in [2.24, 2.45) is 7.05 Å². The molecule has 0 radical (unpaired) electrons. The second-order valence-corrected chi connectivity index (χ2v) is 6.28. The lowest BCUT2D eigenvalue weighted by molar-refractivity contribution is 0.0941. The third kappa shape index (κ3) is 3.54. The standard InChI is InChI=1S/C18H15BrFN3O/c1-23-11-10-21-17(23)16(12-4-8-15(20)9-5-12)22-18(24)13-2-6-14(19)7-3-13/h2-11,16H,1H3,(H,22,24)/t16-/m1/s1. The van der Waals surface area contributed by atoms with Crippen molar-refractivity contribution in [2.45, 2.75) is 6.04 Å². The number of nitrogens with zero attached hydrogens (tertiary/aromatic N) is 2. The van der Waals surface area contributed by atoms with Gasteiger partial charge < -0.3 is 9.88 Å². The van der Waals surface area contributed by atoms with Gasteiger partial charge in [-0.3, -0.25) is 4.79 Å². The maximum atomic E-state index is 13.2. The minimum atomic E-state index is -0.471. The Morgan fingerprint density at radius 2 is 1.83 bits per heavy atom. The van der Waals surface area contributed by atoms with Gasteiger partial charge in [-0.2, -0.15) is 0 Å². The van der Waals surface area contributed by atoms with Crippen LogP contribution in [0.25, 0.3) is 0 Å². The first-order valence-electron chi connectivity index (χ1n) is 7.34. The van der Waals surface area contributed by atoms with Crippen molar-refractivity contribution >= 4 is 21.8 Å². The van der Waals surface area contributed by atoms with Gasteiger partial charge in [-0.05, 0) is 42.0 Å². The van der Waals surface area contributed by atoms with Crippen LogP contribution < -0.4 is 5.32 Å². The monoisotopic (exact) mass is 387 g/mol. The fourth-order valence-corrected chi connectivity index (χ4v) is 2.69. The lowest BCUT2D eigenvalue weighted by Crippen LogP contribution is -2.31. The highest BCUT2D eigenvalue weighted by Crippen LogP contribution is 2.22. The molecule has 1 aromatic heterocycles. The molecule has 1 atom stereocenters. The first-order chi connectivity index (χ1) is 11.5. The Balaban J connectivity index is 1.93. The third-order valence-corrected chi connectivity index (χ3v) is 4.23. The summed E-state index contributed by atoms with van der Waals surface area (Å²) in [7, 11) is 1.85. The molecule has 0 spiro atoms. The molecule has 0 aliphatic heterocycles. The molecular weight excluding hydrogens is 373 g/mol. The predicted molar refractivity (Wildman–Crippen MR) is 93.1 cm³/mol. The fourth-order valence-electron chi connectivity index (χ4n) is 2.42. The Bertz CT molecular complexity index is 843. The number of aromatic nitrogens is 2. The zero-order valence-electron chi connectivity index (χ0n) is 12.9. The second kappa shape index (κ2) is 6.97. The molecule has 0 saturated carbocycles. The molecule has 6 heteroatoms. The van der Waals surface area contributed by atoms with E-state index < -0.39 is 6.04 Å². The maximum absolute atomic E-state index is 13.2. The maximum Gasteiger partial charge on any atom is 0.252 e. The normalized spacial score (nSPS) is 12.0. The van der Waals surface area contributed by atoms with E-state index in [2.05, 4.69) is 26.2 Å². The highest BCUT2D eigenvalue weighted by Gasteiger charge is 2.21. The highest BCUT2D eigenvalue weighted by molar-refractivity contribution is 9.10. The molecule has 0 unspecified atom stereocenters. The molecule has 1 N–H and O–H groups in total. The molecule has 0 aliphatic rings. The number of benzene rings is 2. The molecule has 4 nitrogen and oxygen atoms in total. The van der Waals surface area contributed by atoms with Gasteiger partial charge in [-0.25, -0.2) is 9.37 Å². The van der Waals surface area contributed by atoms with Gasteiger partial charge in [-0.15, -0.1) is 0 Å². The average molecular weight is 388 g/mol. The molecule has 2 aromatic carbocycles.